The maximum Gasteiger partial charge on any atom is 0.184 e. The van der Waals surface area contributed by atoms with Gasteiger partial charge in [0.05, 0.1) is 6.61 Å². The maximum atomic E-state index is 5.84. The second-order valence-electron chi connectivity index (χ2n) is 4.74. The molecule has 0 unspecified atom stereocenters. The van der Waals surface area contributed by atoms with Crippen LogP contribution < -0.4 is 4.74 Å². The van der Waals surface area contributed by atoms with Crippen molar-refractivity contribution in [2.45, 2.75) is 12.4 Å². The number of benzene rings is 2. The van der Waals surface area contributed by atoms with Gasteiger partial charge in [-0.2, -0.15) is 0 Å². The molecule has 0 spiro atoms. The van der Waals surface area contributed by atoms with Gasteiger partial charge < -0.3 is 14.2 Å². The van der Waals surface area contributed by atoms with Crippen LogP contribution in [-0.2, 0) is 9.47 Å². The average Bonchev–Trinajstić information content (AvgIpc) is 2.96. The Morgan fingerprint density at radius 3 is 2.52 bits per heavy atom. The number of rotatable bonds is 4. The third kappa shape index (κ3) is 3.98. The van der Waals surface area contributed by atoms with Crippen LogP contribution in [0.25, 0.3) is 0 Å². The molecule has 2 aromatic carbocycles. The molecule has 110 valence electrons. The summed E-state index contributed by atoms with van der Waals surface area (Å²) in [7, 11) is 0. The number of hydrogen-bond donors (Lipinski definition) is 0. The Kier molecular flexibility index (Phi) is 4.80. The molecule has 5 heteroatoms. The summed E-state index contributed by atoms with van der Waals surface area (Å²) >= 11 is 9.24. The molecule has 3 rings (SSSR count). The predicted octanol–water partition coefficient (Wildman–Crippen LogP) is 4.60. The van der Waals surface area contributed by atoms with Crippen LogP contribution in [0.15, 0.2) is 53.0 Å². The molecule has 1 heterocycles. The first-order valence-corrected chi connectivity index (χ1v) is 7.79. The van der Waals surface area contributed by atoms with Crippen LogP contribution in [0.3, 0.4) is 0 Å². The summed E-state index contributed by atoms with van der Waals surface area (Å²) in [6.07, 6.45) is -0.397. The molecule has 0 bridgehead atoms. The molecule has 1 saturated heterocycles. The van der Waals surface area contributed by atoms with E-state index in [2.05, 4.69) is 15.9 Å². The zero-order valence-corrected chi connectivity index (χ0v) is 13.5. The molecule has 0 N–H and O–H groups in total. The Balaban J connectivity index is 1.52. The van der Waals surface area contributed by atoms with Gasteiger partial charge in [-0.1, -0.05) is 39.7 Å². The first-order valence-electron chi connectivity index (χ1n) is 6.61. The molecule has 3 nitrogen and oxygen atoms in total. The lowest BCUT2D eigenvalue weighted by Gasteiger charge is -2.13. The van der Waals surface area contributed by atoms with Crippen LogP contribution in [0.2, 0.25) is 5.02 Å². The van der Waals surface area contributed by atoms with Gasteiger partial charge in [-0.25, -0.2) is 0 Å². The molecular formula is C16H14BrClO3. The molecule has 1 fully saturated rings. The van der Waals surface area contributed by atoms with E-state index in [1.807, 2.05) is 36.4 Å². The van der Waals surface area contributed by atoms with E-state index in [-0.39, 0.29) is 12.4 Å². The topological polar surface area (TPSA) is 27.7 Å². The number of ether oxygens (including phenoxy) is 3. The van der Waals surface area contributed by atoms with E-state index < -0.39 is 0 Å². The van der Waals surface area contributed by atoms with Crippen molar-refractivity contribution in [2.75, 3.05) is 13.2 Å². The minimum atomic E-state index is -0.322. The summed E-state index contributed by atoms with van der Waals surface area (Å²) < 4.78 is 18.2. The van der Waals surface area contributed by atoms with Gasteiger partial charge in [-0.3, -0.25) is 0 Å². The maximum absolute atomic E-state index is 5.84. The normalized spacial score (nSPS) is 21.4. The van der Waals surface area contributed by atoms with Gasteiger partial charge >= 0.3 is 0 Å². The highest BCUT2D eigenvalue weighted by atomic mass is 79.9. The standard InChI is InChI=1S/C16H14BrClO3/c17-12-3-1-11(2-4-12)16-20-10-15(21-16)9-19-14-7-5-13(18)6-8-14/h1-8,15-16H,9-10H2/t15-,16-/m0/s1. The zero-order valence-electron chi connectivity index (χ0n) is 11.2. The second kappa shape index (κ2) is 6.79. The van der Waals surface area contributed by atoms with Crippen molar-refractivity contribution in [2.24, 2.45) is 0 Å². The lowest BCUT2D eigenvalue weighted by Crippen LogP contribution is -2.19. The molecular weight excluding hydrogens is 356 g/mol. The van der Waals surface area contributed by atoms with E-state index in [0.29, 0.717) is 18.2 Å². The summed E-state index contributed by atoms with van der Waals surface area (Å²) in [5.74, 6) is 0.773. The van der Waals surface area contributed by atoms with Gasteiger partial charge in [0.2, 0.25) is 0 Å². The van der Waals surface area contributed by atoms with Gasteiger partial charge in [-0.15, -0.1) is 0 Å². The van der Waals surface area contributed by atoms with E-state index in [1.165, 1.54) is 0 Å². The Labute approximate surface area is 136 Å². The Morgan fingerprint density at radius 1 is 1.10 bits per heavy atom. The summed E-state index contributed by atoms with van der Waals surface area (Å²) in [6.45, 7) is 0.975. The molecule has 0 aromatic heterocycles. The fraction of sp³-hybridized carbons (Fsp3) is 0.250. The minimum Gasteiger partial charge on any atom is -0.491 e. The van der Waals surface area contributed by atoms with E-state index >= 15 is 0 Å². The largest absolute Gasteiger partial charge is 0.491 e. The quantitative estimate of drug-likeness (QED) is 0.788. The smallest absolute Gasteiger partial charge is 0.184 e. The molecule has 0 saturated carbocycles. The van der Waals surface area contributed by atoms with Crippen LogP contribution in [0.1, 0.15) is 11.9 Å². The van der Waals surface area contributed by atoms with Crippen LogP contribution in [0, 0.1) is 0 Å². The van der Waals surface area contributed by atoms with Gasteiger partial charge in [0.15, 0.2) is 6.29 Å². The highest BCUT2D eigenvalue weighted by Gasteiger charge is 2.27. The van der Waals surface area contributed by atoms with Crippen LogP contribution in [0.4, 0.5) is 0 Å². The van der Waals surface area contributed by atoms with Gasteiger partial charge in [0, 0.05) is 15.1 Å². The molecule has 0 radical (unpaired) electrons. The van der Waals surface area contributed by atoms with Gasteiger partial charge in [-0.05, 0) is 36.4 Å². The first-order chi connectivity index (χ1) is 10.2. The minimum absolute atomic E-state index is 0.0747. The average molecular weight is 370 g/mol. The van der Waals surface area contributed by atoms with Gasteiger partial charge in [0.25, 0.3) is 0 Å². The fourth-order valence-corrected chi connectivity index (χ4v) is 2.44. The third-order valence-corrected chi connectivity index (χ3v) is 3.92. The second-order valence-corrected chi connectivity index (χ2v) is 6.09. The highest BCUT2D eigenvalue weighted by Crippen LogP contribution is 2.28. The summed E-state index contributed by atoms with van der Waals surface area (Å²) in [6, 6.07) is 15.2. The number of halogens is 2. The lowest BCUT2D eigenvalue weighted by molar-refractivity contribution is -0.0659. The molecule has 1 aliphatic rings. The molecule has 21 heavy (non-hydrogen) atoms. The van der Waals surface area contributed by atoms with E-state index in [9.17, 15) is 0 Å². The first kappa shape index (κ1) is 14.9. The van der Waals surface area contributed by atoms with E-state index in [1.54, 1.807) is 12.1 Å². The summed E-state index contributed by atoms with van der Waals surface area (Å²) in [5.41, 5.74) is 1.01. The van der Waals surface area contributed by atoms with Gasteiger partial charge in [0.1, 0.15) is 18.5 Å². The lowest BCUT2D eigenvalue weighted by atomic mass is 10.2. The summed E-state index contributed by atoms with van der Waals surface area (Å²) in [5, 5.41) is 0.693. The highest BCUT2D eigenvalue weighted by molar-refractivity contribution is 9.10. The van der Waals surface area contributed by atoms with Crippen molar-refractivity contribution < 1.29 is 14.2 Å². The van der Waals surface area contributed by atoms with Crippen molar-refractivity contribution in [1.29, 1.82) is 0 Å². The van der Waals surface area contributed by atoms with Crippen molar-refractivity contribution in [1.82, 2.24) is 0 Å². The fourth-order valence-electron chi connectivity index (χ4n) is 2.05. The Morgan fingerprint density at radius 2 is 1.81 bits per heavy atom. The Hall–Kier alpha value is -1.07. The van der Waals surface area contributed by atoms with Crippen molar-refractivity contribution in [3.05, 3.63) is 63.6 Å². The molecule has 0 aliphatic carbocycles. The van der Waals surface area contributed by atoms with Crippen LogP contribution in [-0.4, -0.2) is 19.3 Å². The van der Waals surface area contributed by atoms with Crippen molar-refractivity contribution in [3.63, 3.8) is 0 Å². The SMILES string of the molecule is Clc1ccc(OC[C@H]2CO[C@H](c3ccc(Br)cc3)O2)cc1. The monoisotopic (exact) mass is 368 g/mol. The van der Waals surface area contributed by atoms with E-state index in [4.69, 9.17) is 25.8 Å². The molecule has 0 amide bonds. The molecule has 1 aliphatic heterocycles. The van der Waals surface area contributed by atoms with Crippen LogP contribution >= 0.6 is 27.5 Å². The Bertz CT molecular complexity index is 585. The zero-order chi connectivity index (χ0) is 14.7. The van der Waals surface area contributed by atoms with Crippen molar-refractivity contribution >= 4 is 27.5 Å². The van der Waals surface area contributed by atoms with Crippen LogP contribution in [0.5, 0.6) is 5.75 Å². The van der Waals surface area contributed by atoms with E-state index in [0.717, 1.165) is 15.8 Å². The predicted molar refractivity (Wildman–Crippen MR) is 84.7 cm³/mol. The molecule has 2 aromatic rings. The number of hydrogen-bond acceptors (Lipinski definition) is 3. The summed E-state index contributed by atoms with van der Waals surface area (Å²) in [4.78, 5) is 0. The van der Waals surface area contributed by atoms with Crippen molar-refractivity contribution in [3.8, 4) is 5.75 Å². The third-order valence-electron chi connectivity index (χ3n) is 3.14. The molecule has 2 atom stereocenters.